The number of nitrogen functional groups attached to an aromatic ring is 1. The van der Waals surface area contributed by atoms with E-state index in [4.69, 9.17) is 5.73 Å². The molecule has 0 saturated heterocycles. The summed E-state index contributed by atoms with van der Waals surface area (Å²) >= 11 is 3.26. The summed E-state index contributed by atoms with van der Waals surface area (Å²) in [4.78, 5) is 0.0991. The van der Waals surface area contributed by atoms with Gasteiger partial charge in [0, 0.05) is 17.6 Å². The van der Waals surface area contributed by atoms with Crippen LogP contribution in [0.4, 0.5) is 5.69 Å². The van der Waals surface area contributed by atoms with Gasteiger partial charge in [0.1, 0.15) is 4.90 Å². The van der Waals surface area contributed by atoms with E-state index in [2.05, 4.69) is 20.7 Å². The molecule has 21 heavy (non-hydrogen) atoms. The van der Waals surface area contributed by atoms with Gasteiger partial charge in [-0.25, -0.2) is 13.1 Å². The molecular weight excluding hydrogens is 356 g/mol. The van der Waals surface area contributed by atoms with Gasteiger partial charge < -0.3 is 10.8 Å². The smallest absolute Gasteiger partial charge is 0.242 e. The van der Waals surface area contributed by atoms with Crippen LogP contribution in [-0.4, -0.2) is 26.7 Å². The number of benzene rings is 1. The molecule has 4 N–H and O–H groups in total. The summed E-state index contributed by atoms with van der Waals surface area (Å²) in [6.45, 7) is 0.468. The van der Waals surface area contributed by atoms with Crippen LogP contribution < -0.4 is 10.5 Å². The third kappa shape index (κ3) is 4.18. The van der Waals surface area contributed by atoms with E-state index >= 15 is 0 Å². The number of halogens is 1. The summed E-state index contributed by atoms with van der Waals surface area (Å²) < 4.78 is 28.0. The molecule has 0 spiro atoms. The van der Waals surface area contributed by atoms with E-state index < -0.39 is 10.0 Å². The maximum Gasteiger partial charge on any atom is 0.242 e. The van der Waals surface area contributed by atoms with Crippen LogP contribution in [0.5, 0.6) is 0 Å². The van der Waals surface area contributed by atoms with Crippen molar-refractivity contribution in [1.82, 2.24) is 4.72 Å². The second kappa shape index (κ2) is 7.09. The molecule has 1 aliphatic carbocycles. The van der Waals surface area contributed by atoms with Crippen LogP contribution in [0.15, 0.2) is 27.6 Å². The van der Waals surface area contributed by atoms with E-state index in [1.165, 1.54) is 6.07 Å². The number of rotatable bonds is 5. The predicted molar refractivity (Wildman–Crippen MR) is 86.3 cm³/mol. The normalized spacial score (nSPS) is 23.1. The van der Waals surface area contributed by atoms with Crippen LogP contribution in [0.25, 0.3) is 0 Å². The number of aliphatic hydroxyl groups is 1. The largest absolute Gasteiger partial charge is 0.398 e. The Hall–Kier alpha value is -0.630. The zero-order valence-electron chi connectivity index (χ0n) is 11.8. The summed E-state index contributed by atoms with van der Waals surface area (Å²) in [7, 11) is -3.62. The third-order valence-corrected chi connectivity index (χ3v) is 6.09. The van der Waals surface area contributed by atoms with Gasteiger partial charge in [0.05, 0.1) is 5.69 Å². The fourth-order valence-corrected chi connectivity index (χ4v) is 4.44. The van der Waals surface area contributed by atoms with Crippen molar-refractivity contribution >= 4 is 31.6 Å². The van der Waals surface area contributed by atoms with Gasteiger partial charge in [-0.15, -0.1) is 0 Å². The lowest BCUT2D eigenvalue weighted by atomic mass is 9.80. The van der Waals surface area contributed by atoms with Crippen molar-refractivity contribution in [2.24, 2.45) is 11.8 Å². The van der Waals surface area contributed by atoms with Crippen LogP contribution in [0.3, 0.4) is 0 Å². The van der Waals surface area contributed by atoms with E-state index in [0.29, 0.717) is 6.54 Å². The Labute approximate surface area is 134 Å². The Bertz CT molecular complexity index is 592. The lowest BCUT2D eigenvalue weighted by Gasteiger charge is -2.30. The molecular formula is C14H21BrN2O3S. The standard InChI is InChI=1S/C14H21BrN2O3S/c15-12-5-6-14(13(16)7-12)21(19,20)17-8-10-3-1-2-4-11(10)9-18/h5-7,10-11,17-18H,1-4,8-9,16H2. The number of hydrogen-bond acceptors (Lipinski definition) is 4. The first-order chi connectivity index (χ1) is 9.94. The molecule has 1 aromatic carbocycles. The van der Waals surface area contributed by atoms with Crippen molar-refractivity contribution in [1.29, 1.82) is 0 Å². The predicted octanol–water partition coefficient (Wildman–Crippen LogP) is 2.11. The summed E-state index contributed by atoms with van der Waals surface area (Å²) in [5, 5.41) is 9.38. The molecule has 0 heterocycles. The molecule has 0 aliphatic heterocycles. The molecule has 0 aromatic heterocycles. The average Bonchev–Trinajstić information content (AvgIpc) is 2.45. The summed E-state index contributed by atoms with van der Waals surface area (Å²) in [5.41, 5.74) is 6.00. The Morgan fingerprint density at radius 1 is 1.29 bits per heavy atom. The van der Waals surface area contributed by atoms with E-state index in [0.717, 1.165) is 30.2 Å². The number of nitrogens with two attached hydrogens (primary N) is 1. The zero-order valence-corrected chi connectivity index (χ0v) is 14.2. The van der Waals surface area contributed by atoms with Gasteiger partial charge in [-0.05, 0) is 42.9 Å². The minimum Gasteiger partial charge on any atom is -0.398 e. The average molecular weight is 377 g/mol. The summed E-state index contributed by atoms with van der Waals surface area (Å²) in [6, 6.07) is 4.72. The number of hydrogen-bond donors (Lipinski definition) is 3. The fourth-order valence-electron chi connectivity index (χ4n) is 2.85. The van der Waals surface area contributed by atoms with Crippen molar-refractivity contribution in [2.75, 3.05) is 18.9 Å². The first-order valence-electron chi connectivity index (χ1n) is 7.09. The maximum absolute atomic E-state index is 12.3. The van der Waals surface area contributed by atoms with Gasteiger partial charge >= 0.3 is 0 Å². The Morgan fingerprint density at radius 2 is 1.95 bits per heavy atom. The summed E-state index contributed by atoms with van der Waals surface area (Å²) in [6.07, 6.45) is 4.10. The van der Waals surface area contributed by atoms with Crippen LogP contribution in [-0.2, 0) is 10.0 Å². The number of aliphatic hydroxyl groups excluding tert-OH is 1. The molecule has 0 radical (unpaired) electrons. The van der Waals surface area contributed by atoms with Crippen LogP contribution >= 0.6 is 15.9 Å². The number of nitrogens with one attached hydrogen (secondary N) is 1. The zero-order chi connectivity index (χ0) is 15.5. The molecule has 2 rings (SSSR count). The Kier molecular flexibility index (Phi) is 5.65. The first-order valence-corrected chi connectivity index (χ1v) is 9.37. The number of anilines is 1. The molecule has 1 saturated carbocycles. The number of sulfonamides is 1. The van der Waals surface area contributed by atoms with Gasteiger partial charge in [-0.1, -0.05) is 28.8 Å². The SMILES string of the molecule is Nc1cc(Br)ccc1S(=O)(=O)NCC1CCCCC1CO. The molecule has 118 valence electrons. The van der Waals surface area contributed by atoms with E-state index in [-0.39, 0.29) is 29.0 Å². The van der Waals surface area contributed by atoms with Crippen molar-refractivity contribution < 1.29 is 13.5 Å². The van der Waals surface area contributed by atoms with Gasteiger partial charge in [-0.2, -0.15) is 0 Å². The monoisotopic (exact) mass is 376 g/mol. The van der Waals surface area contributed by atoms with Crippen LogP contribution in [0.1, 0.15) is 25.7 Å². The minimum absolute atomic E-state index is 0.0991. The van der Waals surface area contributed by atoms with E-state index in [1.54, 1.807) is 12.1 Å². The lowest BCUT2D eigenvalue weighted by Crippen LogP contribution is -2.35. The third-order valence-electron chi connectivity index (χ3n) is 4.10. The van der Waals surface area contributed by atoms with Gasteiger partial charge in [-0.3, -0.25) is 0 Å². The molecule has 1 aromatic rings. The van der Waals surface area contributed by atoms with Crippen molar-refractivity contribution in [2.45, 2.75) is 30.6 Å². The van der Waals surface area contributed by atoms with Gasteiger partial charge in [0.15, 0.2) is 0 Å². The lowest BCUT2D eigenvalue weighted by molar-refractivity contribution is 0.136. The van der Waals surface area contributed by atoms with Crippen molar-refractivity contribution in [3.05, 3.63) is 22.7 Å². The maximum atomic E-state index is 12.3. The molecule has 0 bridgehead atoms. The van der Waals surface area contributed by atoms with E-state index in [1.807, 2.05) is 0 Å². The Balaban J connectivity index is 2.07. The Morgan fingerprint density at radius 3 is 2.57 bits per heavy atom. The van der Waals surface area contributed by atoms with Crippen molar-refractivity contribution in [3.63, 3.8) is 0 Å². The highest BCUT2D eigenvalue weighted by atomic mass is 79.9. The second-order valence-corrected chi connectivity index (χ2v) is 8.17. The summed E-state index contributed by atoms with van der Waals surface area (Å²) in [5.74, 6) is 0.374. The molecule has 5 nitrogen and oxygen atoms in total. The molecule has 0 amide bonds. The molecule has 1 fully saturated rings. The van der Waals surface area contributed by atoms with Crippen molar-refractivity contribution in [3.8, 4) is 0 Å². The van der Waals surface area contributed by atoms with E-state index in [9.17, 15) is 13.5 Å². The minimum atomic E-state index is -3.62. The van der Waals surface area contributed by atoms with Gasteiger partial charge in [0.25, 0.3) is 0 Å². The van der Waals surface area contributed by atoms with Crippen LogP contribution in [0.2, 0.25) is 0 Å². The van der Waals surface area contributed by atoms with Gasteiger partial charge in [0.2, 0.25) is 10.0 Å². The highest BCUT2D eigenvalue weighted by molar-refractivity contribution is 9.10. The molecule has 7 heteroatoms. The highest BCUT2D eigenvalue weighted by Gasteiger charge is 2.26. The molecule has 1 aliphatic rings. The first kappa shape index (κ1) is 16.7. The van der Waals surface area contributed by atoms with Crippen LogP contribution in [0, 0.1) is 11.8 Å². The topological polar surface area (TPSA) is 92.4 Å². The molecule has 2 unspecified atom stereocenters. The quantitative estimate of drug-likeness (QED) is 0.686. The fraction of sp³-hybridized carbons (Fsp3) is 0.571. The molecule has 2 atom stereocenters. The highest BCUT2D eigenvalue weighted by Crippen LogP contribution is 2.30. The second-order valence-electron chi connectivity index (χ2n) is 5.52.